The van der Waals surface area contributed by atoms with E-state index in [0.29, 0.717) is 19.5 Å². The van der Waals surface area contributed by atoms with Gasteiger partial charge in [-0.15, -0.1) is 11.3 Å². The Morgan fingerprint density at radius 1 is 1.58 bits per heavy atom. The Kier molecular flexibility index (Phi) is 6.03. The topological polar surface area (TPSA) is 64.3 Å². The summed E-state index contributed by atoms with van der Waals surface area (Å²) in [6, 6.07) is 1.94. The Balaban J connectivity index is 2.53. The van der Waals surface area contributed by atoms with Crippen molar-refractivity contribution in [3.8, 4) is 11.8 Å². The number of hydrogen-bond acceptors (Lipinski definition) is 4. The first kappa shape index (κ1) is 15.7. The van der Waals surface area contributed by atoms with Crippen molar-refractivity contribution in [2.75, 3.05) is 13.7 Å². The van der Waals surface area contributed by atoms with E-state index in [4.69, 9.17) is 10.5 Å². The molecule has 1 heterocycles. The molecule has 1 aromatic heterocycles. The van der Waals surface area contributed by atoms with Gasteiger partial charge in [0.1, 0.15) is 0 Å². The molecule has 0 atom stereocenters. The first-order chi connectivity index (χ1) is 8.98. The fraction of sp³-hybridized carbons (Fsp3) is 0.500. The average molecular weight is 280 g/mol. The lowest BCUT2D eigenvalue weighted by atomic mass is 10.1. The number of nitrogens with two attached hydrogens (primary N) is 1. The molecule has 1 amide bonds. The summed E-state index contributed by atoms with van der Waals surface area (Å²) >= 11 is 1.58. The molecule has 1 aromatic rings. The van der Waals surface area contributed by atoms with Crippen LogP contribution in [0.15, 0.2) is 11.4 Å². The summed E-state index contributed by atoms with van der Waals surface area (Å²) in [5.41, 5.74) is 5.84. The summed E-state index contributed by atoms with van der Waals surface area (Å²) in [7, 11) is 1.60. The molecule has 0 aliphatic heterocycles. The van der Waals surface area contributed by atoms with Crippen molar-refractivity contribution in [1.82, 2.24) is 5.32 Å². The van der Waals surface area contributed by atoms with Gasteiger partial charge in [0.05, 0.1) is 25.1 Å². The molecular weight excluding hydrogens is 260 g/mol. The van der Waals surface area contributed by atoms with E-state index in [0.717, 1.165) is 10.4 Å². The van der Waals surface area contributed by atoms with E-state index in [1.165, 1.54) is 0 Å². The second-order valence-electron chi connectivity index (χ2n) is 4.68. The Morgan fingerprint density at radius 2 is 2.32 bits per heavy atom. The van der Waals surface area contributed by atoms with Crippen molar-refractivity contribution in [2.24, 2.45) is 5.73 Å². The number of ether oxygens (including phenoxy) is 1. The van der Waals surface area contributed by atoms with Gasteiger partial charge in [-0.2, -0.15) is 0 Å². The predicted octanol–water partition coefficient (Wildman–Crippen LogP) is 1.49. The van der Waals surface area contributed by atoms with Gasteiger partial charge >= 0.3 is 0 Å². The molecule has 0 radical (unpaired) electrons. The van der Waals surface area contributed by atoms with Gasteiger partial charge in [0.2, 0.25) is 5.91 Å². The van der Waals surface area contributed by atoms with E-state index in [9.17, 15) is 4.79 Å². The quantitative estimate of drug-likeness (QED) is 0.803. The fourth-order valence-corrected chi connectivity index (χ4v) is 2.21. The number of rotatable bonds is 5. The minimum absolute atomic E-state index is 0.0296. The highest BCUT2D eigenvalue weighted by Gasteiger charge is 2.20. The van der Waals surface area contributed by atoms with Crippen LogP contribution in [0.2, 0.25) is 0 Å². The van der Waals surface area contributed by atoms with E-state index < -0.39 is 5.60 Å². The van der Waals surface area contributed by atoms with Crippen LogP contribution in [-0.4, -0.2) is 25.2 Å². The van der Waals surface area contributed by atoms with E-state index in [-0.39, 0.29) is 5.91 Å². The van der Waals surface area contributed by atoms with Crippen molar-refractivity contribution < 1.29 is 9.53 Å². The Bertz CT molecular complexity index is 483. The number of amides is 1. The molecule has 104 valence electrons. The summed E-state index contributed by atoms with van der Waals surface area (Å²) in [5.74, 6) is 5.78. The van der Waals surface area contributed by atoms with Gasteiger partial charge < -0.3 is 15.8 Å². The van der Waals surface area contributed by atoms with Crippen molar-refractivity contribution in [2.45, 2.75) is 32.4 Å². The van der Waals surface area contributed by atoms with Crippen LogP contribution in [0.25, 0.3) is 0 Å². The molecule has 0 spiro atoms. The lowest BCUT2D eigenvalue weighted by molar-refractivity contribution is -0.126. The summed E-state index contributed by atoms with van der Waals surface area (Å²) in [6.07, 6.45) is 0.332. The number of hydrogen-bond donors (Lipinski definition) is 2. The monoisotopic (exact) mass is 280 g/mol. The third kappa shape index (κ3) is 5.43. The van der Waals surface area contributed by atoms with Crippen LogP contribution in [-0.2, 0) is 16.1 Å². The molecule has 0 saturated carbocycles. The van der Waals surface area contributed by atoms with Crippen LogP contribution >= 0.6 is 11.3 Å². The number of thiophene rings is 1. The van der Waals surface area contributed by atoms with E-state index in [1.807, 2.05) is 25.3 Å². The molecule has 1 rings (SSSR count). The van der Waals surface area contributed by atoms with Crippen molar-refractivity contribution in [1.29, 1.82) is 0 Å². The SMILES string of the molecule is COC(C)(C)CC(=O)NCc1sccc1C#CCN. The number of carbonyl (C=O) groups is 1. The second-order valence-corrected chi connectivity index (χ2v) is 5.68. The third-order valence-corrected chi connectivity index (χ3v) is 3.58. The Morgan fingerprint density at radius 3 is 2.95 bits per heavy atom. The van der Waals surface area contributed by atoms with Gasteiger partial charge in [-0.1, -0.05) is 11.8 Å². The van der Waals surface area contributed by atoms with Crippen LogP contribution in [0.1, 0.15) is 30.7 Å². The number of methoxy groups -OCH3 is 1. The lowest BCUT2D eigenvalue weighted by Gasteiger charge is -2.21. The zero-order valence-corrected chi connectivity index (χ0v) is 12.4. The minimum atomic E-state index is -0.443. The van der Waals surface area contributed by atoms with Crippen molar-refractivity contribution >= 4 is 17.2 Å². The minimum Gasteiger partial charge on any atom is -0.378 e. The fourth-order valence-electron chi connectivity index (χ4n) is 1.44. The highest BCUT2D eigenvalue weighted by molar-refractivity contribution is 7.10. The van der Waals surface area contributed by atoms with Gasteiger partial charge in [0.25, 0.3) is 0 Å². The van der Waals surface area contributed by atoms with E-state index in [2.05, 4.69) is 17.2 Å². The maximum Gasteiger partial charge on any atom is 0.223 e. The second kappa shape index (κ2) is 7.29. The molecular formula is C14H20N2O2S. The van der Waals surface area contributed by atoms with Gasteiger partial charge in [0, 0.05) is 17.6 Å². The molecule has 0 bridgehead atoms. The first-order valence-corrected chi connectivity index (χ1v) is 6.93. The largest absolute Gasteiger partial charge is 0.378 e. The molecule has 0 unspecified atom stereocenters. The van der Waals surface area contributed by atoms with E-state index in [1.54, 1.807) is 18.4 Å². The maximum absolute atomic E-state index is 11.8. The molecule has 3 N–H and O–H groups in total. The van der Waals surface area contributed by atoms with Gasteiger partial charge in [-0.3, -0.25) is 4.79 Å². The van der Waals surface area contributed by atoms with Crippen LogP contribution in [0.3, 0.4) is 0 Å². The number of nitrogens with one attached hydrogen (secondary N) is 1. The first-order valence-electron chi connectivity index (χ1n) is 6.05. The molecule has 19 heavy (non-hydrogen) atoms. The van der Waals surface area contributed by atoms with Crippen LogP contribution < -0.4 is 11.1 Å². The average Bonchev–Trinajstić information content (AvgIpc) is 2.81. The third-order valence-electron chi connectivity index (χ3n) is 2.66. The number of carbonyl (C=O) groups excluding carboxylic acids is 1. The summed E-state index contributed by atoms with van der Waals surface area (Å²) in [4.78, 5) is 12.8. The standard InChI is InChI=1S/C14H20N2O2S/c1-14(2,18-3)9-13(17)16-10-12-11(5-4-7-15)6-8-19-12/h6,8H,7,9-10,15H2,1-3H3,(H,16,17). The van der Waals surface area contributed by atoms with Gasteiger partial charge in [-0.05, 0) is 25.3 Å². The summed E-state index contributed by atoms with van der Waals surface area (Å²) in [5, 5.41) is 4.84. The van der Waals surface area contributed by atoms with Crippen LogP contribution in [0.5, 0.6) is 0 Å². The van der Waals surface area contributed by atoms with Crippen LogP contribution in [0, 0.1) is 11.8 Å². The smallest absolute Gasteiger partial charge is 0.223 e. The molecule has 4 nitrogen and oxygen atoms in total. The summed E-state index contributed by atoms with van der Waals surface area (Å²) < 4.78 is 5.23. The maximum atomic E-state index is 11.8. The molecule has 0 saturated heterocycles. The van der Waals surface area contributed by atoms with E-state index >= 15 is 0 Å². The zero-order valence-electron chi connectivity index (χ0n) is 11.6. The highest BCUT2D eigenvalue weighted by Crippen LogP contribution is 2.16. The zero-order chi connectivity index (χ0) is 14.3. The van der Waals surface area contributed by atoms with Gasteiger partial charge in [-0.25, -0.2) is 0 Å². The van der Waals surface area contributed by atoms with Crippen molar-refractivity contribution in [3.63, 3.8) is 0 Å². The molecule has 0 aromatic carbocycles. The Hall–Kier alpha value is -1.35. The molecule has 0 aliphatic rings. The molecule has 0 fully saturated rings. The molecule has 5 heteroatoms. The highest BCUT2D eigenvalue weighted by atomic mass is 32.1. The van der Waals surface area contributed by atoms with Crippen LogP contribution in [0.4, 0.5) is 0 Å². The van der Waals surface area contributed by atoms with Gasteiger partial charge in [0.15, 0.2) is 0 Å². The summed E-state index contributed by atoms with van der Waals surface area (Å²) in [6.45, 7) is 4.60. The normalized spacial score (nSPS) is 10.7. The molecule has 0 aliphatic carbocycles. The van der Waals surface area contributed by atoms with Crippen molar-refractivity contribution in [3.05, 3.63) is 21.9 Å². The lowest BCUT2D eigenvalue weighted by Crippen LogP contribution is -2.33. The predicted molar refractivity (Wildman–Crippen MR) is 77.8 cm³/mol. The Labute approximate surface area is 118 Å².